The quantitative estimate of drug-likeness (QED) is 0.157. The van der Waals surface area contributed by atoms with E-state index in [4.69, 9.17) is 50.4 Å². The number of hydrogen-bond donors (Lipinski definition) is 2. The van der Waals surface area contributed by atoms with Crippen molar-refractivity contribution in [2.45, 2.75) is 41.4 Å². The Morgan fingerprint density at radius 3 is 2.31 bits per heavy atom. The summed E-state index contributed by atoms with van der Waals surface area (Å²) in [4.78, 5) is 30.8. The first-order valence-electron chi connectivity index (χ1n) is 12.9. The van der Waals surface area contributed by atoms with Crippen LogP contribution in [0.15, 0.2) is 82.7 Å². The highest BCUT2D eigenvalue weighted by molar-refractivity contribution is 7.89. The van der Waals surface area contributed by atoms with Gasteiger partial charge >= 0.3 is 6.09 Å². The third kappa shape index (κ3) is 10.3. The zero-order chi connectivity index (χ0) is 30.9. The van der Waals surface area contributed by atoms with Crippen molar-refractivity contribution in [2.75, 3.05) is 13.2 Å². The van der Waals surface area contributed by atoms with Gasteiger partial charge in [0, 0.05) is 24.2 Å². The molecular weight excluding hydrogens is 623 g/mol. The third-order valence-corrected chi connectivity index (χ3v) is 7.41. The number of aliphatic imine (C=N–C) groups is 1. The SMILES string of the molecule is CCCCN(Cc1cccc(C(N)=NC(=O)OCC(Cl)(Cl)Cl)c1)C(=O)Cc1ccc(-c2ccccc2S(N)(=O)=O)cc1. The maximum absolute atomic E-state index is 13.4. The standard InChI is InChI=1S/C29H31Cl3N4O5S/c1-2-3-15-36(18-21-7-6-8-23(16-21)27(33)35-28(38)41-19-29(30,31)32)26(37)17-20-11-13-22(14-12-20)24-9-4-5-10-25(24)42(34,39)40/h4-14,16H,2-3,15,17-19H2,1H3,(H2,33,35,38)(H2,34,39,40). The van der Waals surface area contributed by atoms with Crippen LogP contribution in [0.2, 0.25) is 0 Å². The van der Waals surface area contributed by atoms with Gasteiger partial charge in [0.25, 0.3) is 0 Å². The summed E-state index contributed by atoms with van der Waals surface area (Å²) in [6.45, 7) is 2.43. The number of hydrogen-bond acceptors (Lipinski definition) is 5. The highest BCUT2D eigenvalue weighted by atomic mass is 35.6. The molecule has 3 rings (SSSR count). The molecule has 13 heteroatoms. The minimum atomic E-state index is -3.90. The number of carbonyl (C=O) groups excluding carboxylic acids is 2. The number of amides is 2. The Hall–Kier alpha value is -3.15. The summed E-state index contributed by atoms with van der Waals surface area (Å²) in [6.07, 6.45) is 0.868. The first-order chi connectivity index (χ1) is 19.8. The van der Waals surface area contributed by atoms with E-state index in [-0.39, 0.29) is 23.1 Å². The van der Waals surface area contributed by atoms with E-state index < -0.39 is 26.5 Å². The van der Waals surface area contributed by atoms with Crippen molar-refractivity contribution in [1.29, 1.82) is 0 Å². The highest BCUT2D eigenvalue weighted by Gasteiger charge is 2.22. The fourth-order valence-corrected chi connectivity index (χ4v) is 5.00. The monoisotopic (exact) mass is 652 g/mol. The topological polar surface area (TPSA) is 145 Å². The number of nitrogens with two attached hydrogens (primary N) is 2. The van der Waals surface area contributed by atoms with Crippen LogP contribution in [0.3, 0.4) is 0 Å². The van der Waals surface area contributed by atoms with E-state index in [9.17, 15) is 18.0 Å². The summed E-state index contributed by atoms with van der Waals surface area (Å²) in [5.74, 6) is -0.162. The predicted molar refractivity (Wildman–Crippen MR) is 166 cm³/mol. The van der Waals surface area contributed by atoms with Gasteiger partial charge in [-0.25, -0.2) is 18.4 Å². The lowest BCUT2D eigenvalue weighted by atomic mass is 10.0. The van der Waals surface area contributed by atoms with Crippen molar-refractivity contribution in [1.82, 2.24) is 4.90 Å². The average Bonchev–Trinajstić information content (AvgIpc) is 2.94. The fraction of sp³-hybridized carbons (Fsp3) is 0.276. The maximum Gasteiger partial charge on any atom is 0.435 e. The molecule has 3 aromatic rings. The molecule has 4 N–H and O–H groups in total. The molecule has 9 nitrogen and oxygen atoms in total. The van der Waals surface area contributed by atoms with Gasteiger partial charge in [-0.2, -0.15) is 4.99 Å². The summed E-state index contributed by atoms with van der Waals surface area (Å²) in [7, 11) is -3.90. The van der Waals surface area contributed by atoms with Gasteiger partial charge < -0.3 is 15.4 Å². The largest absolute Gasteiger partial charge is 0.443 e. The second-order valence-electron chi connectivity index (χ2n) is 9.45. The molecule has 224 valence electrons. The molecular formula is C29H31Cl3N4O5S. The number of benzene rings is 3. The number of sulfonamides is 1. The maximum atomic E-state index is 13.4. The van der Waals surface area contributed by atoms with Crippen molar-refractivity contribution in [3.05, 3.63) is 89.5 Å². The summed E-state index contributed by atoms with van der Waals surface area (Å²) in [6, 6.07) is 20.6. The second-order valence-corrected chi connectivity index (χ2v) is 13.5. The zero-order valence-corrected chi connectivity index (χ0v) is 25.9. The number of nitrogens with zero attached hydrogens (tertiary/aromatic N) is 2. The van der Waals surface area contributed by atoms with Crippen LogP contribution in [0.1, 0.15) is 36.5 Å². The number of rotatable bonds is 11. The molecule has 0 aliphatic rings. The molecule has 0 aromatic heterocycles. The van der Waals surface area contributed by atoms with Crippen LogP contribution in [0, 0.1) is 0 Å². The van der Waals surface area contributed by atoms with Crippen LogP contribution in [0.25, 0.3) is 11.1 Å². The molecule has 0 aliphatic heterocycles. The van der Waals surface area contributed by atoms with Crippen LogP contribution in [-0.4, -0.2) is 48.1 Å². The van der Waals surface area contributed by atoms with Crippen molar-refractivity contribution in [3.8, 4) is 11.1 Å². The third-order valence-electron chi connectivity index (χ3n) is 6.12. The molecule has 0 radical (unpaired) electrons. The molecule has 0 saturated carbocycles. The summed E-state index contributed by atoms with van der Waals surface area (Å²) >= 11 is 16.7. The average molecular weight is 654 g/mol. The Bertz CT molecular complexity index is 1540. The molecule has 0 spiro atoms. The predicted octanol–water partition coefficient (Wildman–Crippen LogP) is 5.58. The van der Waals surface area contributed by atoms with Crippen molar-refractivity contribution >= 4 is 62.7 Å². The van der Waals surface area contributed by atoms with E-state index in [1.807, 2.05) is 13.0 Å². The first-order valence-corrected chi connectivity index (χ1v) is 15.6. The van der Waals surface area contributed by atoms with E-state index in [0.29, 0.717) is 29.8 Å². The van der Waals surface area contributed by atoms with Gasteiger partial charge in [-0.1, -0.05) is 109 Å². The Kier molecular flexibility index (Phi) is 11.8. The Labute approximate surface area is 260 Å². The minimum absolute atomic E-state index is 0.0344. The molecule has 0 fully saturated rings. The zero-order valence-electron chi connectivity index (χ0n) is 22.8. The molecule has 0 aliphatic carbocycles. The summed E-state index contributed by atoms with van der Waals surface area (Å²) in [5.41, 5.74) is 9.19. The Morgan fingerprint density at radius 2 is 1.67 bits per heavy atom. The molecule has 0 heterocycles. The van der Waals surface area contributed by atoms with Crippen molar-refractivity contribution in [2.24, 2.45) is 15.9 Å². The molecule has 0 saturated heterocycles. The number of primary sulfonamides is 1. The van der Waals surface area contributed by atoms with Gasteiger partial charge in [-0.15, -0.1) is 0 Å². The molecule has 2 amide bonds. The minimum Gasteiger partial charge on any atom is -0.443 e. The lowest BCUT2D eigenvalue weighted by Gasteiger charge is -2.23. The summed E-state index contributed by atoms with van der Waals surface area (Å²) in [5, 5.41) is 5.38. The number of amidine groups is 1. The Balaban J connectivity index is 1.73. The van der Waals surface area contributed by atoms with Gasteiger partial charge in [-0.3, -0.25) is 4.79 Å². The first kappa shape index (κ1) is 33.4. The molecule has 0 bridgehead atoms. The van der Waals surface area contributed by atoms with Gasteiger partial charge in [0.15, 0.2) is 0 Å². The highest BCUT2D eigenvalue weighted by Crippen LogP contribution is 2.27. The van der Waals surface area contributed by atoms with E-state index in [1.165, 1.54) is 6.07 Å². The number of alkyl halides is 3. The van der Waals surface area contributed by atoms with E-state index >= 15 is 0 Å². The molecule has 0 unspecified atom stereocenters. The molecule has 0 atom stereocenters. The molecule has 3 aromatic carbocycles. The lowest BCUT2D eigenvalue weighted by molar-refractivity contribution is -0.131. The number of halogens is 3. The number of carbonyl (C=O) groups is 2. The fourth-order valence-electron chi connectivity index (χ4n) is 4.07. The van der Waals surface area contributed by atoms with E-state index in [1.54, 1.807) is 65.6 Å². The smallest absolute Gasteiger partial charge is 0.435 e. The van der Waals surface area contributed by atoms with Gasteiger partial charge in [0.1, 0.15) is 12.4 Å². The van der Waals surface area contributed by atoms with Crippen molar-refractivity contribution in [3.63, 3.8) is 0 Å². The van der Waals surface area contributed by atoms with Crippen LogP contribution >= 0.6 is 34.8 Å². The second kappa shape index (κ2) is 14.8. The molecule has 42 heavy (non-hydrogen) atoms. The van der Waals surface area contributed by atoms with Crippen LogP contribution in [-0.2, 0) is 32.5 Å². The van der Waals surface area contributed by atoms with E-state index in [0.717, 1.165) is 24.0 Å². The van der Waals surface area contributed by atoms with Gasteiger partial charge in [0.2, 0.25) is 19.7 Å². The summed E-state index contributed by atoms with van der Waals surface area (Å²) < 4.78 is 27.0. The van der Waals surface area contributed by atoms with Crippen LogP contribution < -0.4 is 10.9 Å². The van der Waals surface area contributed by atoms with Crippen molar-refractivity contribution < 1.29 is 22.7 Å². The van der Waals surface area contributed by atoms with Gasteiger partial charge in [-0.05, 0) is 35.2 Å². The lowest BCUT2D eigenvalue weighted by Crippen LogP contribution is -2.33. The Morgan fingerprint density at radius 1 is 0.976 bits per heavy atom. The number of ether oxygens (including phenoxy) is 1. The normalized spacial score (nSPS) is 12.2. The van der Waals surface area contributed by atoms with Crippen LogP contribution in [0.4, 0.5) is 4.79 Å². The van der Waals surface area contributed by atoms with E-state index in [2.05, 4.69) is 4.99 Å². The van der Waals surface area contributed by atoms with Gasteiger partial charge in [0.05, 0.1) is 11.3 Å². The van der Waals surface area contributed by atoms with Crippen LogP contribution in [0.5, 0.6) is 0 Å². The number of unbranched alkanes of at least 4 members (excludes halogenated alkanes) is 1.